The minimum absolute atomic E-state index is 0.222. The Kier molecular flexibility index (Phi) is 6.32. The summed E-state index contributed by atoms with van der Waals surface area (Å²) in [4.78, 5) is 11.3. The minimum atomic E-state index is -0.631. The van der Waals surface area contributed by atoms with Crippen LogP contribution in [-0.4, -0.2) is 31.1 Å². The van der Waals surface area contributed by atoms with Crippen LogP contribution in [0.4, 0.5) is 4.79 Å². The third-order valence-electron chi connectivity index (χ3n) is 1.62. The summed E-state index contributed by atoms with van der Waals surface area (Å²) in [6.45, 7) is 10.3. The van der Waals surface area contributed by atoms with E-state index in [1.165, 1.54) is 0 Å². The molecule has 0 fully saturated rings. The molecular formula is C11H22O4. The Balaban J connectivity index is 3.91. The lowest BCUT2D eigenvalue weighted by molar-refractivity contribution is -0.0472. The molecule has 0 aromatic carbocycles. The van der Waals surface area contributed by atoms with Crippen molar-refractivity contribution in [2.45, 2.75) is 52.7 Å². The van der Waals surface area contributed by atoms with Crippen molar-refractivity contribution in [3.05, 3.63) is 0 Å². The fraction of sp³-hybridized carbons (Fsp3) is 0.909. The highest BCUT2D eigenvalue weighted by Gasteiger charge is 2.20. The van der Waals surface area contributed by atoms with E-state index in [-0.39, 0.29) is 6.10 Å². The molecule has 0 rings (SSSR count). The van der Waals surface area contributed by atoms with Crippen molar-refractivity contribution >= 4 is 6.16 Å². The molecule has 0 N–H and O–H groups in total. The van der Waals surface area contributed by atoms with Crippen LogP contribution >= 0.6 is 0 Å². The summed E-state index contributed by atoms with van der Waals surface area (Å²) >= 11 is 0. The molecule has 15 heavy (non-hydrogen) atoms. The Morgan fingerprint density at radius 1 is 1.27 bits per heavy atom. The first kappa shape index (κ1) is 14.2. The van der Waals surface area contributed by atoms with Crippen molar-refractivity contribution in [1.82, 2.24) is 0 Å². The van der Waals surface area contributed by atoms with Gasteiger partial charge >= 0.3 is 6.16 Å². The lowest BCUT2D eigenvalue weighted by atomic mass is 10.2. The molecule has 0 aromatic rings. The summed E-state index contributed by atoms with van der Waals surface area (Å²) in [6, 6.07) is 0. The van der Waals surface area contributed by atoms with Gasteiger partial charge in [-0.25, -0.2) is 4.79 Å². The second-order valence-electron chi connectivity index (χ2n) is 4.27. The second kappa shape index (κ2) is 6.67. The molecule has 0 aliphatic heterocycles. The number of ether oxygens (including phenoxy) is 3. The van der Waals surface area contributed by atoms with E-state index in [1.807, 2.05) is 13.8 Å². The molecule has 1 unspecified atom stereocenters. The number of rotatable bonds is 5. The van der Waals surface area contributed by atoms with E-state index in [1.54, 1.807) is 20.8 Å². The molecule has 0 radical (unpaired) electrons. The van der Waals surface area contributed by atoms with Crippen LogP contribution in [0.25, 0.3) is 0 Å². The van der Waals surface area contributed by atoms with Gasteiger partial charge in [-0.2, -0.15) is 0 Å². The predicted molar refractivity (Wildman–Crippen MR) is 57.9 cm³/mol. The highest BCUT2D eigenvalue weighted by atomic mass is 16.7. The van der Waals surface area contributed by atoms with Crippen LogP contribution in [0, 0.1) is 0 Å². The molecule has 90 valence electrons. The normalized spacial score (nSPS) is 13.4. The average Bonchev–Trinajstić information content (AvgIpc) is 2.09. The van der Waals surface area contributed by atoms with Gasteiger partial charge < -0.3 is 14.2 Å². The van der Waals surface area contributed by atoms with Crippen LogP contribution in [-0.2, 0) is 14.2 Å². The summed E-state index contributed by atoms with van der Waals surface area (Å²) < 4.78 is 15.3. The highest BCUT2D eigenvalue weighted by molar-refractivity contribution is 5.60. The zero-order valence-electron chi connectivity index (χ0n) is 10.3. The molecule has 0 heterocycles. The SMILES string of the molecule is CCOCC(CC)OC(=O)OC(C)(C)C. The van der Waals surface area contributed by atoms with Gasteiger partial charge in [0.15, 0.2) is 0 Å². The Bertz CT molecular complexity index is 184. The number of hydrogen-bond acceptors (Lipinski definition) is 4. The van der Waals surface area contributed by atoms with Crippen molar-refractivity contribution in [3.63, 3.8) is 0 Å². The first-order valence-corrected chi connectivity index (χ1v) is 5.36. The molecule has 0 bridgehead atoms. The van der Waals surface area contributed by atoms with Gasteiger partial charge in [0.1, 0.15) is 11.7 Å². The molecule has 0 amide bonds. The first-order valence-electron chi connectivity index (χ1n) is 5.36. The summed E-state index contributed by atoms with van der Waals surface area (Å²) in [7, 11) is 0. The average molecular weight is 218 g/mol. The molecule has 0 aromatic heterocycles. The second-order valence-corrected chi connectivity index (χ2v) is 4.27. The fourth-order valence-electron chi connectivity index (χ4n) is 0.895. The summed E-state index contributed by atoms with van der Waals surface area (Å²) in [5, 5.41) is 0. The first-order chi connectivity index (χ1) is 6.89. The van der Waals surface area contributed by atoms with Crippen molar-refractivity contribution in [2.24, 2.45) is 0 Å². The third-order valence-corrected chi connectivity index (χ3v) is 1.62. The molecule has 0 aliphatic carbocycles. The maximum atomic E-state index is 11.3. The van der Waals surface area contributed by atoms with Gasteiger partial charge in [-0.15, -0.1) is 0 Å². The zero-order chi connectivity index (χ0) is 11.9. The van der Waals surface area contributed by atoms with Gasteiger partial charge in [0, 0.05) is 6.61 Å². The Morgan fingerprint density at radius 3 is 2.27 bits per heavy atom. The van der Waals surface area contributed by atoms with E-state index in [0.29, 0.717) is 13.2 Å². The van der Waals surface area contributed by atoms with E-state index in [2.05, 4.69) is 0 Å². The quantitative estimate of drug-likeness (QED) is 0.665. The number of carbonyl (C=O) groups excluding carboxylic acids is 1. The molecular weight excluding hydrogens is 196 g/mol. The smallest absolute Gasteiger partial charge is 0.429 e. The van der Waals surface area contributed by atoms with Crippen molar-refractivity contribution < 1.29 is 19.0 Å². The largest absolute Gasteiger partial charge is 0.509 e. The molecule has 0 spiro atoms. The minimum Gasteiger partial charge on any atom is -0.429 e. The molecule has 0 aliphatic rings. The lowest BCUT2D eigenvalue weighted by Gasteiger charge is -2.21. The van der Waals surface area contributed by atoms with E-state index < -0.39 is 11.8 Å². The molecule has 1 atom stereocenters. The Morgan fingerprint density at radius 2 is 1.87 bits per heavy atom. The zero-order valence-corrected chi connectivity index (χ0v) is 10.3. The molecule has 0 saturated heterocycles. The van der Waals surface area contributed by atoms with Crippen LogP contribution in [0.2, 0.25) is 0 Å². The van der Waals surface area contributed by atoms with E-state index in [9.17, 15) is 4.79 Å². The maximum absolute atomic E-state index is 11.3. The van der Waals surface area contributed by atoms with Gasteiger partial charge in [0.05, 0.1) is 6.61 Å². The number of hydrogen-bond donors (Lipinski definition) is 0. The standard InChI is InChI=1S/C11H22O4/c1-6-9(8-13-7-2)14-10(12)15-11(3,4)5/h9H,6-8H2,1-5H3. The van der Waals surface area contributed by atoms with Crippen LogP contribution < -0.4 is 0 Å². The summed E-state index contributed by atoms with van der Waals surface area (Å²) in [6.07, 6.45) is -0.131. The van der Waals surface area contributed by atoms with Crippen LogP contribution in [0.3, 0.4) is 0 Å². The third kappa shape index (κ3) is 8.24. The van der Waals surface area contributed by atoms with Gasteiger partial charge in [-0.1, -0.05) is 6.92 Å². The van der Waals surface area contributed by atoms with Crippen molar-refractivity contribution in [1.29, 1.82) is 0 Å². The van der Waals surface area contributed by atoms with Crippen molar-refractivity contribution in [3.8, 4) is 0 Å². The topological polar surface area (TPSA) is 44.8 Å². The van der Waals surface area contributed by atoms with Gasteiger partial charge in [-0.05, 0) is 34.1 Å². The maximum Gasteiger partial charge on any atom is 0.509 e. The highest BCUT2D eigenvalue weighted by Crippen LogP contribution is 2.10. The van der Waals surface area contributed by atoms with Gasteiger partial charge in [0.2, 0.25) is 0 Å². The number of carbonyl (C=O) groups is 1. The molecule has 4 heteroatoms. The summed E-state index contributed by atoms with van der Waals surface area (Å²) in [5.74, 6) is 0. The monoisotopic (exact) mass is 218 g/mol. The van der Waals surface area contributed by atoms with E-state index in [0.717, 1.165) is 6.42 Å². The van der Waals surface area contributed by atoms with Gasteiger partial charge in [0.25, 0.3) is 0 Å². The summed E-state index contributed by atoms with van der Waals surface area (Å²) in [5.41, 5.74) is -0.513. The predicted octanol–water partition coefficient (Wildman–Crippen LogP) is 2.75. The Labute approximate surface area is 91.9 Å². The van der Waals surface area contributed by atoms with Crippen LogP contribution in [0.1, 0.15) is 41.0 Å². The van der Waals surface area contributed by atoms with Gasteiger partial charge in [-0.3, -0.25) is 0 Å². The van der Waals surface area contributed by atoms with Crippen LogP contribution in [0.5, 0.6) is 0 Å². The lowest BCUT2D eigenvalue weighted by Crippen LogP contribution is -2.29. The fourth-order valence-corrected chi connectivity index (χ4v) is 0.895. The molecule has 0 saturated carbocycles. The van der Waals surface area contributed by atoms with Crippen LogP contribution in [0.15, 0.2) is 0 Å². The van der Waals surface area contributed by atoms with Crippen molar-refractivity contribution in [2.75, 3.05) is 13.2 Å². The molecule has 4 nitrogen and oxygen atoms in total. The van der Waals surface area contributed by atoms with E-state index >= 15 is 0 Å². The van der Waals surface area contributed by atoms with E-state index in [4.69, 9.17) is 14.2 Å². The Hall–Kier alpha value is -0.770.